The predicted molar refractivity (Wildman–Crippen MR) is 90.1 cm³/mol. The first-order valence-electron chi connectivity index (χ1n) is 7.84. The molecule has 0 bridgehead atoms. The summed E-state index contributed by atoms with van der Waals surface area (Å²) < 4.78 is 10.3. The van der Waals surface area contributed by atoms with Crippen molar-refractivity contribution >= 4 is 12.1 Å². The van der Waals surface area contributed by atoms with Crippen LogP contribution in [-0.4, -0.2) is 30.1 Å². The quantitative estimate of drug-likeness (QED) is 0.732. The molecule has 0 aliphatic heterocycles. The summed E-state index contributed by atoms with van der Waals surface area (Å²) in [6, 6.07) is 18.8. The van der Waals surface area contributed by atoms with Crippen molar-refractivity contribution < 1.29 is 19.1 Å². The van der Waals surface area contributed by atoms with Gasteiger partial charge in [-0.15, -0.1) is 0 Å². The Labute approximate surface area is 141 Å². The van der Waals surface area contributed by atoms with Gasteiger partial charge in [0.15, 0.2) is 0 Å². The first-order chi connectivity index (χ1) is 11.7. The lowest BCUT2D eigenvalue weighted by Gasteiger charge is -2.21. The molecule has 0 atom stereocenters. The maximum absolute atomic E-state index is 12.4. The number of benzene rings is 2. The lowest BCUT2D eigenvalue weighted by molar-refractivity contribution is -0.144. The fraction of sp³-hybridized carbons (Fsp3) is 0.263. The SMILES string of the molecule is CCOC(=O)CN(Cc1ccccc1)C(=O)OCc1ccccc1. The number of carbonyl (C=O) groups excluding carboxylic acids is 2. The molecule has 0 aromatic heterocycles. The van der Waals surface area contributed by atoms with Crippen LogP contribution in [0.3, 0.4) is 0 Å². The Morgan fingerprint density at radius 3 is 2.04 bits per heavy atom. The smallest absolute Gasteiger partial charge is 0.410 e. The van der Waals surface area contributed by atoms with Gasteiger partial charge in [-0.1, -0.05) is 60.7 Å². The van der Waals surface area contributed by atoms with Crippen LogP contribution in [0.25, 0.3) is 0 Å². The minimum Gasteiger partial charge on any atom is -0.465 e. The molecule has 0 spiro atoms. The first kappa shape index (κ1) is 17.5. The van der Waals surface area contributed by atoms with Crippen LogP contribution in [0.4, 0.5) is 4.79 Å². The van der Waals surface area contributed by atoms with Crippen LogP contribution in [-0.2, 0) is 27.4 Å². The van der Waals surface area contributed by atoms with Crippen molar-refractivity contribution in [2.45, 2.75) is 20.1 Å². The summed E-state index contributed by atoms with van der Waals surface area (Å²) in [6.45, 7) is 2.31. The van der Waals surface area contributed by atoms with Gasteiger partial charge in [0.2, 0.25) is 0 Å². The molecule has 2 rings (SSSR count). The zero-order valence-electron chi connectivity index (χ0n) is 13.7. The summed E-state index contributed by atoms with van der Waals surface area (Å²) in [6.07, 6.45) is -0.546. The topological polar surface area (TPSA) is 55.8 Å². The Morgan fingerprint density at radius 1 is 0.875 bits per heavy atom. The first-order valence-corrected chi connectivity index (χ1v) is 7.84. The molecular formula is C19H21NO4. The second-order valence-electron chi connectivity index (χ2n) is 5.19. The van der Waals surface area contributed by atoms with Gasteiger partial charge in [-0.2, -0.15) is 0 Å². The van der Waals surface area contributed by atoms with Gasteiger partial charge in [0.05, 0.1) is 6.61 Å². The van der Waals surface area contributed by atoms with E-state index in [1.54, 1.807) is 6.92 Å². The summed E-state index contributed by atoms with van der Waals surface area (Å²) in [5, 5.41) is 0. The number of esters is 1. The molecule has 0 unspecified atom stereocenters. The Kier molecular flexibility index (Phi) is 6.83. The van der Waals surface area contributed by atoms with E-state index in [2.05, 4.69) is 0 Å². The molecule has 5 heteroatoms. The molecule has 2 aromatic rings. The highest BCUT2D eigenvalue weighted by atomic mass is 16.6. The lowest BCUT2D eigenvalue weighted by Crippen LogP contribution is -2.36. The molecule has 0 aliphatic rings. The standard InChI is InChI=1S/C19H21NO4/c1-2-23-18(21)14-20(13-16-9-5-3-6-10-16)19(22)24-15-17-11-7-4-8-12-17/h3-12H,2,13-15H2,1H3. The molecule has 24 heavy (non-hydrogen) atoms. The van der Waals surface area contributed by atoms with Gasteiger partial charge in [0, 0.05) is 6.54 Å². The van der Waals surface area contributed by atoms with Gasteiger partial charge < -0.3 is 9.47 Å². The number of hydrogen-bond donors (Lipinski definition) is 0. The van der Waals surface area contributed by atoms with E-state index in [-0.39, 0.29) is 26.3 Å². The maximum atomic E-state index is 12.4. The summed E-state index contributed by atoms with van der Waals surface area (Å²) in [7, 11) is 0. The number of rotatable bonds is 7. The van der Waals surface area contributed by atoms with Crippen molar-refractivity contribution in [3.63, 3.8) is 0 Å². The Hall–Kier alpha value is -2.82. The molecule has 0 aliphatic carbocycles. The molecule has 0 saturated carbocycles. The third-order valence-electron chi connectivity index (χ3n) is 3.30. The van der Waals surface area contributed by atoms with E-state index in [4.69, 9.17) is 9.47 Å². The summed E-state index contributed by atoms with van der Waals surface area (Å²) in [5.41, 5.74) is 1.81. The molecule has 0 heterocycles. The van der Waals surface area contributed by atoms with E-state index < -0.39 is 12.1 Å². The van der Waals surface area contributed by atoms with E-state index in [0.29, 0.717) is 0 Å². The molecule has 1 amide bonds. The van der Waals surface area contributed by atoms with Crippen molar-refractivity contribution in [2.75, 3.05) is 13.2 Å². The van der Waals surface area contributed by atoms with Crippen LogP contribution in [0.5, 0.6) is 0 Å². The summed E-state index contributed by atoms with van der Waals surface area (Å²) in [4.78, 5) is 25.5. The fourth-order valence-corrected chi connectivity index (χ4v) is 2.16. The van der Waals surface area contributed by atoms with Crippen molar-refractivity contribution in [3.05, 3.63) is 71.8 Å². The Balaban J connectivity index is 2.00. The van der Waals surface area contributed by atoms with E-state index in [0.717, 1.165) is 11.1 Å². The average Bonchev–Trinajstić information content (AvgIpc) is 2.61. The minimum atomic E-state index is -0.546. The molecule has 2 aromatic carbocycles. The molecule has 0 saturated heterocycles. The lowest BCUT2D eigenvalue weighted by atomic mass is 10.2. The van der Waals surface area contributed by atoms with E-state index in [1.807, 2.05) is 60.7 Å². The van der Waals surface area contributed by atoms with Crippen molar-refractivity contribution in [1.29, 1.82) is 0 Å². The van der Waals surface area contributed by atoms with Gasteiger partial charge >= 0.3 is 12.1 Å². The van der Waals surface area contributed by atoms with E-state index in [1.165, 1.54) is 4.90 Å². The highest BCUT2D eigenvalue weighted by Crippen LogP contribution is 2.08. The minimum absolute atomic E-state index is 0.143. The summed E-state index contributed by atoms with van der Waals surface area (Å²) in [5.74, 6) is -0.454. The fourth-order valence-electron chi connectivity index (χ4n) is 2.16. The van der Waals surface area contributed by atoms with E-state index in [9.17, 15) is 9.59 Å². The van der Waals surface area contributed by atoms with Gasteiger partial charge in [-0.25, -0.2) is 4.79 Å². The molecule has 5 nitrogen and oxygen atoms in total. The van der Waals surface area contributed by atoms with E-state index >= 15 is 0 Å². The second-order valence-corrected chi connectivity index (χ2v) is 5.19. The van der Waals surface area contributed by atoms with Crippen molar-refractivity contribution in [1.82, 2.24) is 4.90 Å². The van der Waals surface area contributed by atoms with Gasteiger partial charge in [-0.05, 0) is 18.1 Å². The number of hydrogen-bond acceptors (Lipinski definition) is 4. The third-order valence-corrected chi connectivity index (χ3v) is 3.30. The number of carbonyl (C=O) groups is 2. The molecule has 0 fully saturated rings. The van der Waals surface area contributed by atoms with Crippen LogP contribution in [0.2, 0.25) is 0 Å². The molecule has 0 radical (unpaired) electrons. The van der Waals surface area contributed by atoms with Crippen molar-refractivity contribution in [3.8, 4) is 0 Å². The molecule has 126 valence electrons. The monoisotopic (exact) mass is 327 g/mol. The zero-order valence-corrected chi connectivity index (χ0v) is 13.7. The normalized spacial score (nSPS) is 10.0. The second kappa shape index (κ2) is 9.35. The van der Waals surface area contributed by atoms with Crippen LogP contribution < -0.4 is 0 Å². The van der Waals surface area contributed by atoms with Gasteiger partial charge in [0.1, 0.15) is 13.2 Å². The number of amides is 1. The van der Waals surface area contributed by atoms with Gasteiger partial charge in [-0.3, -0.25) is 9.69 Å². The molecular weight excluding hydrogens is 306 g/mol. The van der Waals surface area contributed by atoms with Gasteiger partial charge in [0.25, 0.3) is 0 Å². The third kappa shape index (κ3) is 5.76. The predicted octanol–water partition coefficient (Wildman–Crippen LogP) is 3.39. The number of nitrogens with zero attached hydrogens (tertiary/aromatic N) is 1. The number of ether oxygens (including phenoxy) is 2. The van der Waals surface area contributed by atoms with Crippen LogP contribution in [0.1, 0.15) is 18.1 Å². The Morgan fingerprint density at radius 2 is 1.46 bits per heavy atom. The van der Waals surface area contributed by atoms with Crippen LogP contribution >= 0.6 is 0 Å². The highest BCUT2D eigenvalue weighted by molar-refractivity contribution is 5.78. The zero-order chi connectivity index (χ0) is 17.2. The average molecular weight is 327 g/mol. The highest BCUT2D eigenvalue weighted by Gasteiger charge is 2.19. The molecule has 0 N–H and O–H groups in total. The maximum Gasteiger partial charge on any atom is 0.410 e. The van der Waals surface area contributed by atoms with Crippen LogP contribution in [0.15, 0.2) is 60.7 Å². The Bertz CT molecular complexity index is 643. The largest absolute Gasteiger partial charge is 0.465 e. The summed E-state index contributed by atoms with van der Waals surface area (Å²) >= 11 is 0. The van der Waals surface area contributed by atoms with Crippen LogP contribution in [0, 0.1) is 0 Å². The van der Waals surface area contributed by atoms with Crippen molar-refractivity contribution in [2.24, 2.45) is 0 Å².